The van der Waals surface area contributed by atoms with Gasteiger partial charge in [-0.2, -0.15) is 10.2 Å². The molecule has 0 aliphatic carbocycles. The Morgan fingerprint density at radius 3 is 2.28 bits per heavy atom. The van der Waals surface area contributed by atoms with Crippen molar-refractivity contribution < 1.29 is 19.4 Å². The molecule has 144 valence electrons. The zero-order chi connectivity index (χ0) is 20.6. The summed E-state index contributed by atoms with van der Waals surface area (Å²) in [4.78, 5) is 23.7. The molecule has 0 aliphatic rings. The Labute approximate surface area is 167 Å². The average Bonchev–Trinajstić information content (AvgIpc) is 2.77. The zero-order valence-corrected chi connectivity index (χ0v) is 15.5. The fourth-order valence-electron chi connectivity index (χ4n) is 2.50. The van der Waals surface area contributed by atoms with Crippen LogP contribution in [0.25, 0.3) is 0 Å². The van der Waals surface area contributed by atoms with E-state index >= 15 is 0 Å². The summed E-state index contributed by atoms with van der Waals surface area (Å²) in [7, 11) is 0. The molecule has 0 spiro atoms. The van der Waals surface area contributed by atoms with Crippen LogP contribution in [0.1, 0.15) is 21.5 Å². The van der Waals surface area contributed by atoms with Crippen LogP contribution in [0.2, 0.25) is 0 Å². The lowest BCUT2D eigenvalue weighted by atomic mass is 10.0. The summed E-state index contributed by atoms with van der Waals surface area (Å²) >= 11 is 0. The van der Waals surface area contributed by atoms with Gasteiger partial charge < -0.3 is 9.84 Å². The molecule has 6 heteroatoms. The van der Waals surface area contributed by atoms with Crippen LogP contribution in [0.4, 0.5) is 11.4 Å². The van der Waals surface area contributed by atoms with Crippen molar-refractivity contribution in [1.82, 2.24) is 0 Å². The highest BCUT2D eigenvalue weighted by atomic mass is 16.5. The van der Waals surface area contributed by atoms with Gasteiger partial charge in [-0.05, 0) is 35.9 Å². The van der Waals surface area contributed by atoms with Crippen LogP contribution in [0.3, 0.4) is 0 Å². The maximum absolute atomic E-state index is 12.6. The number of phenols is 1. The molecular formula is C23H18N2O4. The van der Waals surface area contributed by atoms with Gasteiger partial charge in [0.05, 0.1) is 16.9 Å². The summed E-state index contributed by atoms with van der Waals surface area (Å²) in [6.45, 7) is 3.49. The number of esters is 1. The van der Waals surface area contributed by atoms with Crippen LogP contribution in [-0.4, -0.2) is 16.9 Å². The highest BCUT2D eigenvalue weighted by Crippen LogP contribution is 2.27. The molecule has 0 unspecified atom stereocenters. The molecule has 0 atom stereocenters. The van der Waals surface area contributed by atoms with Gasteiger partial charge in [-0.3, -0.25) is 4.79 Å². The van der Waals surface area contributed by atoms with E-state index in [9.17, 15) is 14.7 Å². The topological polar surface area (TPSA) is 88.3 Å². The molecule has 3 aromatic carbocycles. The number of azo groups is 1. The molecule has 0 radical (unpaired) electrons. The Morgan fingerprint density at radius 1 is 0.931 bits per heavy atom. The van der Waals surface area contributed by atoms with E-state index < -0.39 is 5.97 Å². The Morgan fingerprint density at radius 2 is 1.59 bits per heavy atom. The van der Waals surface area contributed by atoms with E-state index in [0.29, 0.717) is 16.9 Å². The summed E-state index contributed by atoms with van der Waals surface area (Å²) in [5, 5.41) is 18.3. The number of carbonyl (C=O) groups is 2. The average molecular weight is 386 g/mol. The summed E-state index contributed by atoms with van der Waals surface area (Å²) in [5.41, 5.74) is 2.47. The second-order valence-electron chi connectivity index (χ2n) is 6.07. The van der Waals surface area contributed by atoms with Gasteiger partial charge in [-0.15, -0.1) is 0 Å². The van der Waals surface area contributed by atoms with Crippen molar-refractivity contribution in [3.8, 4) is 5.75 Å². The number of phenolic OH excluding ortho intramolecular Hbond substituents is 1. The highest BCUT2D eigenvalue weighted by Gasteiger charge is 2.14. The molecule has 29 heavy (non-hydrogen) atoms. The Kier molecular flexibility index (Phi) is 6.27. The number of aromatic hydroxyl groups is 1. The van der Waals surface area contributed by atoms with E-state index in [-0.39, 0.29) is 23.7 Å². The first-order valence-corrected chi connectivity index (χ1v) is 8.79. The molecule has 0 aromatic heterocycles. The van der Waals surface area contributed by atoms with Crippen LogP contribution in [0.15, 0.2) is 95.7 Å². The number of hydrogen-bond donors (Lipinski definition) is 1. The first kappa shape index (κ1) is 19.7. The van der Waals surface area contributed by atoms with E-state index in [1.807, 2.05) is 6.07 Å². The third kappa shape index (κ3) is 5.23. The first-order chi connectivity index (χ1) is 14.1. The maximum Gasteiger partial charge on any atom is 0.330 e. The lowest BCUT2D eigenvalue weighted by Gasteiger charge is -2.05. The third-order valence-corrected chi connectivity index (χ3v) is 4.03. The van der Waals surface area contributed by atoms with Gasteiger partial charge in [0.1, 0.15) is 12.4 Å². The van der Waals surface area contributed by atoms with Gasteiger partial charge in [0.15, 0.2) is 5.78 Å². The van der Waals surface area contributed by atoms with Gasteiger partial charge in [-0.1, -0.05) is 49.0 Å². The minimum Gasteiger partial charge on any atom is -0.507 e. The van der Waals surface area contributed by atoms with Crippen LogP contribution in [0, 0.1) is 0 Å². The largest absolute Gasteiger partial charge is 0.507 e. The van der Waals surface area contributed by atoms with E-state index in [2.05, 4.69) is 16.8 Å². The quantitative estimate of drug-likeness (QED) is 0.259. The van der Waals surface area contributed by atoms with Crippen LogP contribution >= 0.6 is 0 Å². The minimum atomic E-state index is -0.484. The Bertz CT molecular complexity index is 1060. The molecule has 0 amide bonds. The van der Waals surface area contributed by atoms with Gasteiger partial charge in [-0.25, -0.2) is 4.79 Å². The van der Waals surface area contributed by atoms with Crippen molar-refractivity contribution in [2.75, 3.05) is 0 Å². The standard InChI is InChI=1S/C23H18N2O4/c1-2-22(27)29-15-16-8-10-18(11-9-16)24-25-19-12-13-21(26)20(14-19)23(28)17-6-4-3-5-7-17/h2-14,26H,1,15H2. The zero-order valence-electron chi connectivity index (χ0n) is 15.5. The van der Waals surface area contributed by atoms with Gasteiger partial charge >= 0.3 is 5.97 Å². The molecule has 0 saturated heterocycles. The molecule has 3 aromatic rings. The fraction of sp³-hybridized carbons (Fsp3) is 0.0435. The molecule has 0 aliphatic heterocycles. The summed E-state index contributed by atoms with van der Waals surface area (Å²) in [6, 6.07) is 20.2. The van der Waals surface area contributed by atoms with E-state index in [4.69, 9.17) is 4.74 Å². The lowest BCUT2D eigenvalue weighted by molar-refractivity contribution is -0.138. The number of benzene rings is 3. The van der Waals surface area contributed by atoms with Crippen LogP contribution in [-0.2, 0) is 16.1 Å². The second kappa shape index (κ2) is 9.23. The van der Waals surface area contributed by atoms with E-state index in [1.54, 1.807) is 54.6 Å². The molecule has 0 saturated carbocycles. The molecule has 6 nitrogen and oxygen atoms in total. The summed E-state index contributed by atoms with van der Waals surface area (Å²) < 4.78 is 4.96. The number of nitrogens with zero attached hydrogens (tertiary/aromatic N) is 2. The molecule has 0 bridgehead atoms. The summed E-state index contributed by atoms with van der Waals surface area (Å²) in [6.07, 6.45) is 1.11. The molecule has 0 fully saturated rings. The number of ketones is 1. The monoisotopic (exact) mass is 386 g/mol. The number of ether oxygens (including phenoxy) is 1. The van der Waals surface area contributed by atoms with Crippen molar-refractivity contribution in [2.45, 2.75) is 6.61 Å². The third-order valence-electron chi connectivity index (χ3n) is 4.03. The maximum atomic E-state index is 12.6. The molecular weight excluding hydrogens is 368 g/mol. The smallest absolute Gasteiger partial charge is 0.330 e. The SMILES string of the molecule is C=CC(=O)OCc1ccc(N=Nc2ccc(O)c(C(=O)c3ccccc3)c2)cc1. The van der Waals surface area contributed by atoms with Gasteiger partial charge in [0, 0.05) is 11.6 Å². The number of hydrogen-bond acceptors (Lipinski definition) is 6. The normalized spacial score (nSPS) is 10.6. The van der Waals surface area contributed by atoms with E-state index in [1.165, 1.54) is 12.1 Å². The number of carbonyl (C=O) groups excluding carboxylic acids is 2. The van der Waals surface area contributed by atoms with Crippen LogP contribution < -0.4 is 0 Å². The highest BCUT2D eigenvalue weighted by molar-refractivity contribution is 6.11. The van der Waals surface area contributed by atoms with E-state index in [0.717, 1.165) is 11.6 Å². The predicted octanol–water partition coefficient (Wildman–Crippen LogP) is 5.27. The second-order valence-corrected chi connectivity index (χ2v) is 6.07. The van der Waals surface area contributed by atoms with Crippen molar-refractivity contribution >= 4 is 23.1 Å². The fourth-order valence-corrected chi connectivity index (χ4v) is 2.50. The van der Waals surface area contributed by atoms with Crippen molar-refractivity contribution in [3.05, 3.63) is 102 Å². The number of rotatable bonds is 7. The Balaban J connectivity index is 1.73. The molecule has 0 heterocycles. The van der Waals surface area contributed by atoms with Crippen molar-refractivity contribution in [1.29, 1.82) is 0 Å². The van der Waals surface area contributed by atoms with Crippen LogP contribution in [0.5, 0.6) is 5.75 Å². The summed E-state index contributed by atoms with van der Waals surface area (Å²) in [5.74, 6) is -0.892. The first-order valence-electron chi connectivity index (χ1n) is 8.79. The predicted molar refractivity (Wildman–Crippen MR) is 109 cm³/mol. The lowest BCUT2D eigenvalue weighted by Crippen LogP contribution is -2.01. The van der Waals surface area contributed by atoms with Crippen molar-refractivity contribution in [2.24, 2.45) is 10.2 Å². The Hall–Kier alpha value is -4.06. The van der Waals surface area contributed by atoms with Gasteiger partial charge in [0.25, 0.3) is 0 Å². The van der Waals surface area contributed by atoms with Crippen molar-refractivity contribution in [3.63, 3.8) is 0 Å². The minimum absolute atomic E-state index is 0.115. The molecule has 1 N–H and O–H groups in total. The van der Waals surface area contributed by atoms with Gasteiger partial charge in [0.2, 0.25) is 0 Å². The molecule has 3 rings (SSSR count).